The molecular weight excluding hydrogens is 551 g/mol. The van der Waals surface area contributed by atoms with Crippen molar-refractivity contribution in [3.05, 3.63) is 78.0 Å². The molecule has 2 fully saturated rings. The van der Waals surface area contributed by atoms with Crippen LogP contribution >= 0.6 is 0 Å². The van der Waals surface area contributed by atoms with E-state index in [1.54, 1.807) is 0 Å². The molecule has 0 saturated heterocycles. The summed E-state index contributed by atoms with van der Waals surface area (Å²) in [4.78, 5) is 22.3. The zero-order chi connectivity index (χ0) is 30.1. The third-order valence-corrected chi connectivity index (χ3v) is 10.7. The predicted molar refractivity (Wildman–Crippen MR) is 176 cm³/mol. The molecule has 0 radical (unpaired) electrons. The fourth-order valence-corrected chi connectivity index (χ4v) is 7.10. The van der Waals surface area contributed by atoms with Crippen LogP contribution < -0.4 is 5.32 Å². The van der Waals surface area contributed by atoms with Gasteiger partial charge in [0.2, 0.25) is 5.91 Å². The van der Waals surface area contributed by atoms with Gasteiger partial charge in [0, 0.05) is 31.6 Å². The maximum absolute atomic E-state index is 14.0. The Balaban J connectivity index is 1.18. The fraction of sp³-hybridized carbons (Fsp3) is 0.457. The number of rotatable bonds is 13. The third kappa shape index (κ3) is 7.02. The van der Waals surface area contributed by atoms with Gasteiger partial charge < -0.3 is 15.0 Å². The average molecular weight is 596 g/mol. The van der Waals surface area contributed by atoms with Gasteiger partial charge in [0.25, 0.3) is 0 Å². The molecule has 226 valence electrons. The number of aromatic nitrogens is 4. The Morgan fingerprint density at radius 2 is 1.67 bits per heavy atom. The number of hydrogen-bond donors (Lipinski definition) is 2. The fourth-order valence-electron chi connectivity index (χ4n) is 6.34. The minimum Gasteiger partial charge on any atom is -0.360 e. The van der Waals surface area contributed by atoms with Crippen molar-refractivity contribution >= 4 is 19.7 Å². The van der Waals surface area contributed by atoms with Crippen LogP contribution in [0.4, 0.5) is 5.69 Å². The summed E-state index contributed by atoms with van der Waals surface area (Å²) in [6.45, 7) is 12.5. The van der Waals surface area contributed by atoms with Crippen LogP contribution in [0.2, 0.25) is 25.7 Å². The highest BCUT2D eigenvalue weighted by atomic mass is 28.3. The Labute approximate surface area is 256 Å². The second-order valence-electron chi connectivity index (χ2n) is 13.7. The van der Waals surface area contributed by atoms with Gasteiger partial charge in [-0.15, -0.1) is 0 Å². The number of nitrogens with one attached hydrogen (secondary N) is 2. The number of hydrogen-bond acceptors (Lipinski definition) is 4. The zero-order valence-electron chi connectivity index (χ0n) is 26.2. The SMILES string of the molecule is Cc1nn(COCC[Si](C)(C)C)c(C)c1-c1ccc(NC(=O)C(c2ncc(-c3ccccc3)[nH]2)C(C2CC2)C2CC2)cc1. The van der Waals surface area contributed by atoms with Crippen LogP contribution in [-0.2, 0) is 16.3 Å². The molecule has 2 aromatic carbocycles. The van der Waals surface area contributed by atoms with Crippen LogP contribution in [0.1, 0.15) is 48.8 Å². The van der Waals surface area contributed by atoms with E-state index in [4.69, 9.17) is 14.8 Å². The lowest BCUT2D eigenvalue weighted by atomic mass is 9.82. The second kappa shape index (κ2) is 12.2. The summed E-state index contributed by atoms with van der Waals surface area (Å²) in [5.41, 5.74) is 7.11. The average Bonchev–Trinajstić information content (AvgIpc) is 3.92. The molecule has 0 bridgehead atoms. The Morgan fingerprint density at radius 1 is 1.00 bits per heavy atom. The number of carbonyl (C=O) groups excluding carboxylic acids is 1. The summed E-state index contributed by atoms with van der Waals surface area (Å²) < 4.78 is 7.93. The van der Waals surface area contributed by atoms with Gasteiger partial charge in [-0.05, 0) is 86.6 Å². The van der Waals surface area contributed by atoms with Gasteiger partial charge in [0.15, 0.2) is 0 Å². The standard InChI is InChI=1S/C35H45N5O2Si/c1-23-31(24(2)40(39-23)22-42-19-20-43(3,4)5)26-15-17-29(18-16-26)37-35(41)33(32(27-11-12-27)28-13-14-28)34-36-21-30(38-34)25-9-7-6-8-10-25/h6-10,15-18,21,27-28,32-33H,11-14,19-20,22H2,1-5H3,(H,36,38)(H,37,41). The number of aryl methyl sites for hydroxylation is 1. The van der Waals surface area contributed by atoms with E-state index in [9.17, 15) is 4.79 Å². The van der Waals surface area contributed by atoms with Crippen molar-refractivity contribution in [2.75, 3.05) is 11.9 Å². The summed E-state index contributed by atoms with van der Waals surface area (Å²) >= 11 is 0. The number of carbonyl (C=O) groups is 1. The molecule has 43 heavy (non-hydrogen) atoms. The monoisotopic (exact) mass is 595 g/mol. The minimum atomic E-state index is -1.13. The lowest BCUT2D eigenvalue weighted by Crippen LogP contribution is -2.31. The van der Waals surface area contributed by atoms with Crippen molar-refractivity contribution < 1.29 is 9.53 Å². The van der Waals surface area contributed by atoms with Crippen molar-refractivity contribution in [1.82, 2.24) is 19.7 Å². The predicted octanol–water partition coefficient (Wildman–Crippen LogP) is 8.03. The number of H-pyrrole nitrogens is 1. The van der Waals surface area contributed by atoms with Crippen molar-refractivity contribution in [2.24, 2.45) is 17.8 Å². The van der Waals surface area contributed by atoms with Crippen LogP contribution in [0.5, 0.6) is 0 Å². The van der Waals surface area contributed by atoms with Crippen LogP contribution in [0.25, 0.3) is 22.4 Å². The van der Waals surface area contributed by atoms with Crippen LogP contribution in [0.3, 0.4) is 0 Å². The van der Waals surface area contributed by atoms with Crippen molar-refractivity contribution in [3.63, 3.8) is 0 Å². The van der Waals surface area contributed by atoms with E-state index < -0.39 is 8.07 Å². The first kappa shape index (κ1) is 29.6. The number of amides is 1. The summed E-state index contributed by atoms with van der Waals surface area (Å²) in [5.74, 6) is 2.07. The van der Waals surface area contributed by atoms with Gasteiger partial charge in [-0.25, -0.2) is 9.67 Å². The molecule has 2 aliphatic rings. The number of ether oxygens (including phenoxy) is 1. The van der Waals surface area contributed by atoms with Crippen LogP contribution in [0, 0.1) is 31.6 Å². The largest absolute Gasteiger partial charge is 0.360 e. The number of benzene rings is 2. The molecule has 0 aliphatic heterocycles. The smallest absolute Gasteiger partial charge is 0.235 e. The lowest BCUT2D eigenvalue weighted by Gasteiger charge is -2.25. The highest BCUT2D eigenvalue weighted by Gasteiger charge is 2.49. The van der Waals surface area contributed by atoms with Crippen molar-refractivity contribution in [3.8, 4) is 22.4 Å². The van der Waals surface area contributed by atoms with Gasteiger partial charge >= 0.3 is 0 Å². The molecule has 2 aliphatic carbocycles. The Kier molecular flexibility index (Phi) is 8.42. The molecule has 1 amide bonds. The summed E-state index contributed by atoms with van der Waals surface area (Å²) in [6, 6.07) is 19.5. The lowest BCUT2D eigenvalue weighted by molar-refractivity contribution is -0.119. The highest BCUT2D eigenvalue weighted by Crippen LogP contribution is 2.54. The Morgan fingerprint density at radius 3 is 2.30 bits per heavy atom. The van der Waals surface area contributed by atoms with Gasteiger partial charge in [-0.2, -0.15) is 5.10 Å². The third-order valence-electron chi connectivity index (χ3n) is 9.01. The van der Waals surface area contributed by atoms with E-state index in [1.165, 1.54) is 25.7 Å². The van der Waals surface area contributed by atoms with Crippen molar-refractivity contribution in [1.29, 1.82) is 0 Å². The quantitative estimate of drug-likeness (QED) is 0.121. The van der Waals surface area contributed by atoms with Crippen LogP contribution in [-0.4, -0.2) is 40.3 Å². The second-order valence-corrected chi connectivity index (χ2v) is 19.4. The molecule has 0 spiro atoms. The Hall–Kier alpha value is -3.49. The molecule has 6 rings (SSSR count). The van der Waals surface area contributed by atoms with E-state index in [1.807, 2.05) is 48.1 Å². The number of aromatic amines is 1. The molecule has 2 aromatic heterocycles. The minimum absolute atomic E-state index is 0.0289. The van der Waals surface area contributed by atoms with Gasteiger partial charge in [0.05, 0.1) is 23.5 Å². The van der Waals surface area contributed by atoms with E-state index in [0.717, 1.165) is 57.9 Å². The number of nitrogens with zero attached hydrogens (tertiary/aromatic N) is 3. The molecule has 2 N–H and O–H groups in total. The molecule has 4 aromatic rings. The molecule has 2 heterocycles. The topological polar surface area (TPSA) is 84.8 Å². The molecule has 1 atom stereocenters. The van der Waals surface area contributed by atoms with E-state index in [2.05, 4.69) is 61.1 Å². The van der Waals surface area contributed by atoms with Crippen LogP contribution in [0.15, 0.2) is 60.8 Å². The van der Waals surface area contributed by atoms with E-state index in [-0.39, 0.29) is 11.8 Å². The molecular formula is C35H45N5O2Si. The number of anilines is 1. The summed E-state index contributed by atoms with van der Waals surface area (Å²) in [5, 5.41) is 8.02. The molecule has 7 nitrogen and oxygen atoms in total. The molecule has 1 unspecified atom stereocenters. The van der Waals surface area contributed by atoms with E-state index >= 15 is 0 Å². The first-order valence-corrected chi connectivity index (χ1v) is 19.5. The normalized spacial score (nSPS) is 16.0. The van der Waals surface area contributed by atoms with E-state index in [0.29, 0.717) is 24.5 Å². The van der Waals surface area contributed by atoms with Gasteiger partial charge in [-0.1, -0.05) is 62.1 Å². The zero-order valence-corrected chi connectivity index (χ0v) is 27.2. The van der Waals surface area contributed by atoms with Crippen molar-refractivity contribution in [2.45, 2.75) is 77.9 Å². The highest BCUT2D eigenvalue weighted by molar-refractivity contribution is 6.76. The first-order chi connectivity index (χ1) is 20.7. The van der Waals surface area contributed by atoms with Gasteiger partial charge in [-0.3, -0.25) is 4.79 Å². The molecule has 8 heteroatoms. The Bertz CT molecular complexity index is 1530. The summed E-state index contributed by atoms with van der Waals surface area (Å²) in [6.07, 6.45) is 6.71. The first-order valence-electron chi connectivity index (χ1n) is 15.8. The molecule has 2 saturated carbocycles. The maximum atomic E-state index is 14.0. The van der Waals surface area contributed by atoms with Gasteiger partial charge in [0.1, 0.15) is 12.6 Å². The maximum Gasteiger partial charge on any atom is 0.235 e. The summed E-state index contributed by atoms with van der Waals surface area (Å²) in [7, 11) is -1.13. The number of imidazole rings is 1.